The van der Waals surface area contributed by atoms with E-state index < -0.39 is 0 Å². The molecule has 0 saturated carbocycles. The fourth-order valence-electron chi connectivity index (χ4n) is 2.53. The van der Waals surface area contributed by atoms with E-state index in [0.717, 1.165) is 43.8 Å². The van der Waals surface area contributed by atoms with E-state index in [1.807, 2.05) is 11.9 Å². The Hall–Kier alpha value is -0.768. The van der Waals surface area contributed by atoms with Gasteiger partial charge in [0.05, 0.1) is 33.0 Å². The number of hydrogen-bond donors (Lipinski definition) is 0. The first-order valence-corrected chi connectivity index (χ1v) is 10.7. The van der Waals surface area contributed by atoms with Crippen LogP contribution < -0.4 is 9.47 Å². The number of rotatable bonds is 13. The summed E-state index contributed by atoms with van der Waals surface area (Å²) < 4.78 is 27.6. The Bertz CT molecular complexity index is 482. The Morgan fingerprint density at radius 3 is 2.00 bits per heavy atom. The van der Waals surface area contributed by atoms with Gasteiger partial charge in [-0.3, -0.25) is 0 Å². The van der Waals surface area contributed by atoms with E-state index in [9.17, 15) is 0 Å². The fraction of sp³-hybridized carbons (Fsp3) is 0.700. The third kappa shape index (κ3) is 8.75. The second-order valence-corrected chi connectivity index (χ2v) is 5.86. The molecule has 0 N–H and O–H groups in total. The van der Waals surface area contributed by atoms with Crippen LogP contribution in [0.3, 0.4) is 0 Å². The zero-order chi connectivity index (χ0) is 19.0. The summed E-state index contributed by atoms with van der Waals surface area (Å²) in [4.78, 5) is 0. The molecule has 146 valence electrons. The van der Waals surface area contributed by atoms with E-state index in [4.69, 9.17) is 23.7 Å². The van der Waals surface area contributed by atoms with Crippen LogP contribution in [0.2, 0.25) is 5.79 Å². The van der Waals surface area contributed by atoms with Crippen molar-refractivity contribution < 1.29 is 23.7 Å². The topological polar surface area (TPSA) is 46.2 Å². The van der Waals surface area contributed by atoms with E-state index in [1.54, 1.807) is 0 Å². The number of benzene rings is 1. The van der Waals surface area contributed by atoms with Crippen LogP contribution in [0.25, 0.3) is 0 Å². The van der Waals surface area contributed by atoms with Crippen LogP contribution in [0.5, 0.6) is 11.5 Å². The smallest absolute Gasteiger partial charge is 0.231 e. The van der Waals surface area contributed by atoms with Crippen LogP contribution >= 0.6 is 0 Å². The van der Waals surface area contributed by atoms with Crippen molar-refractivity contribution in [2.75, 3.05) is 39.8 Å². The molecule has 0 bridgehead atoms. The lowest BCUT2D eigenvalue weighted by molar-refractivity contribution is 0.0101. The highest BCUT2D eigenvalue weighted by Crippen LogP contribution is 2.35. The summed E-state index contributed by atoms with van der Waals surface area (Å²) in [6.07, 6.45) is 4.38. The Kier molecular flexibility index (Phi) is 13.7. The van der Waals surface area contributed by atoms with Crippen molar-refractivity contribution in [3.63, 3.8) is 0 Å². The molecule has 0 atom stereocenters. The molecule has 0 aliphatic carbocycles. The molecule has 0 spiro atoms. The van der Waals surface area contributed by atoms with E-state index in [0.29, 0.717) is 39.8 Å². The molecular weight excluding hydrogens is 347 g/mol. The minimum atomic E-state index is 0.305. The Morgan fingerprint density at radius 2 is 1.38 bits per heavy atom. The molecule has 0 unspecified atom stereocenters. The van der Waals surface area contributed by atoms with Crippen LogP contribution in [0.15, 0.2) is 12.1 Å². The van der Waals surface area contributed by atoms with Crippen molar-refractivity contribution in [2.24, 2.45) is 0 Å². The minimum Gasteiger partial charge on any atom is -0.454 e. The summed E-state index contributed by atoms with van der Waals surface area (Å²) >= 11 is 2.42. The van der Waals surface area contributed by atoms with Crippen LogP contribution in [0.1, 0.15) is 44.2 Å². The Morgan fingerprint density at radius 1 is 0.808 bits per heavy atom. The lowest BCUT2D eigenvalue weighted by atomic mass is 10.0. The molecule has 0 aromatic heterocycles. The van der Waals surface area contributed by atoms with Crippen LogP contribution in [0.4, 0.5) is 0 Å². The fourth-order valence-corrected chi connectivity index (χ4v) is 2.53. The van der Waals surface area contributed by atoms with Crippen molar-refractivity contribution >= 4 is 16.3 Å². The number of hydrogen-bond acceptors (Lipinski definition) is 5. The average Bonchev–Trinajstić information content (AvgIpc) is 3.12. The molecular formula is C20H33AlO5. The molecule has 1 aromatic carbocycles. The number of ether oxygens (including phenoxy) is 5. The lowest BCUT2D eigenvalue weighted by Gasteiger charge is -2.11. The van der Waals surface area contributed by atoms with Crippen molar-refractivity contribution in [2.45, 2.75) is 51.9 Å². The minimum absolute atomic E-state index is 0.305. The third-order valence-electron chi connectivity index (χ3n) is 3.86. The maximum Gasteiger partial charge on any atom is 0.231 e. The second kappa shape index (κ2) is 15.3. The maximum atomic E-state index is 5.75. The molecule has 26 heavy (non-hydrogen) atoms. The molecule has 2 rings (SSSR count). The summed E-state index contributed by atoms with van der Waals surface area (Å²) in [5, 5.41) is 0. The number of aryl methyl sites for hydroxylation is 1. The standard InChI is InChI=1S/C19H30O5.CH3.Al/c1-3-5-7-20-8-9-21-10-11-22-14-17-13-19-18(23-15-24-19)12-16(17)6-4-2;;/h12-13H,3-11,14-15H2,1-2H3;1H3;. The van der Waals surface area contributed by atoms with E-state index in [1.165, 1.54) is 11.1 Å². The quantitative estimate of drug-likeness (QED) is 0.383. The third-order valence-corrected chi connectivity index (χ3v) is 3.86. The number of unbranched alkanes of at least 4 members (excludes halogenated alkanes) is 1. The first-order valence-electron chi connectivity index (χ1n) is 9.57. The van der Waals surface area contributed by atoms with Gasteiger partial charge in [0.1, 0.15) is 16.3 Å². The van der Waals surface area contributed by atoms with Gasteiger partial charge in [-0.1, -0.05) is 26.7 Å². The summed E-state index contributed by atoms with van der Waals surface area (Å²) in [5.74, 6) is 3.57. The van der Waals surface area contributed by atoms with Crippen molar-refractivity contribution in [3.8, 4) is 11.5 Å². The summed E-state index contributed by atoms with van der Waals surface area (Å²) in [5.41, 5.74) is 2.44. The van der Waals surface area contributed by atoms with Gasteiger partial charge in [0.15, 0.2) is 11.5 Å². The molecule has 2 radical (unpaired) electrons. The van der Waals surface area contributed by atoms with Gasteiger partial charge in [-0.2, -0.15) is 0 Å². The van der Waals surface area contributed by atoms with Gasteiger partial charge in [-0.15, -0.1) is 5.79 Å². The molecule has 0 saturated heterocycles. The lowest BCUT2D eigenvalue weighted by Crippen LogP contribution is -2.10. The van der Waals surface area contributed by atoms with Crippen LogP contribution in [-0.2, 0) is 27.2 Å². The first-order chi connectivity index (χ1) is 12.8. The summed E-state index contributed by atoms with van der Waals surface area (Å²) in [6.45, 7) is 8.47. The average molecular weight is 380 g/mol. The predicted octanol–water partition coefficient (Wildman–Crippen LogP) is 3.92. The SMILES string of the molecule is CCCCOCCOCCOCc1cc2c(cc1CCC)OCO2.[CH3][Al]. The summed E-state index contributed by atoms with van der Waals surface area (Å²) in [6, 6.07) is 4.12. The van der Waals surface area contributed by atoms with Gasteiger partial charge >= 0.3 is 0 Å². The molecule has 6 heteroatoms. The summed E-state index contributed by atoms with van der Waals surface area (Å²) in [7, 11) is 0. The van der Waals surface area contributed by atoms with Gasteiger partial charge in [-0.25, -0.2) is 0 Å². The molecule has 1 aliphatic rings. The maximum absolute atomic E-state index is 5.75. The largest absolute Gasteiger partial charge is 0.454 e. The van der Waals surface area contributed by atoms with Crippen molar-refractivity contribution in [1.29, 1.82) is 0 Å². The van der Waals surface area contributed by atoms with Crippen LogP contribution in [-0.4, -0.2) is 56.1 Å². The zero-order valence-corrected chi connectivity index (χ0v) is 17.7. The molecule has 1 aromatic rings. The van der Waals surface area contributed by atoms with Gasteiger partial charge in [0.25, 0.3) is 0 Å². The molecule has 1 aliphatic heterocycles. The second-order valence-electron chi connectivity index (χ2n) is 5.86. The van der Waals surface area contributed by atoms with Crippen LogP contribution in [0, 0.1) is 0 Å². The van der Waals surface area contributed by atoms with Gasteiger partial charge in [-0.05, 0) is 36.1 Å². The molecule has 0 fully saturated rings. The van der Waals surface area contributed by atoms with Crippen molar-refractivity contribution in [1.82, 2.24) is 0 Å². The Balaban J connectivity index is 0.00000163. The number of fused-ring (bicyclic) bond motifs is 1. The molecule has 1 heterocycles. The van der Waals surface area contributed by atoms with E-state index in [2.05, 4.69) is 36.2 Å². The van der Waals surface area contributed by atoms with Gasteiger partial charge in [0, 0.05) is 6.61 Å². The highest BCUT2D eigenvalue weighted by atomic mass is 27.0. The highest BCUT2D eigenvalue weighted by molar-refractivity contribution is 6.05. The predicted molar refractivity (Wildman–Crippen MR) is 104 cm³/mol. The van der Waals surface area contributed by atoms with Crippen molar-refractivity contribution in [3.05, 3.63) is 23.3 Å². The monoisotopic (exact) mass is 380 g/mol. The van der Waals surface area contributed by atoms with E-state index in [-0.39, 0.29) is 0 Å². The Labute approximate surface area is 166 Å². The van der Waals surface area contributed by atoms with E-state index >= 15 is 0 Å². The normalized spacial score (nSPS) is 12.0. The highest BCUT2D eigenvalue weighted by Gasteiger charge is 2.16. The first kappa shape index (κ1) is 23.3. The zero-order valence-electron chi connectivity index (χ0n) is 16.6. The molecule has 0 amide bonds. The van der Waals surface area contributed by atoms with Gasteiger partial charge < -0.3 is 23.7 Å². The van der Waals surface area contributed by atoms with Gasteiger partial charge in [0.2, 0.25) is 6.79 Å². The molecule has 5 nitrogen and oxygen atoms in total.